The van der Waals surface area contributed by atoms with Gasteiger partial charge in [0.05, 0.1) is 9.90 Å². The SMILES string of the molecule is O=C(O)c1ccccc1SCc1ccc(Cl)s1. The molecule has 0 aliphatic carbocycles. The second-order valence-corrected chi connectivity index (χ2v) is 6.11. The van der Waals surface area contributed by atoms with Crippen molar-refractivity contribution < 1.29 is 9.90 Å². The van der Waals surface area contributed by atoms with Gasteiger partial charge in [0.1, 0.15) is 0 Å². The van der Waals surface area contributed by atoms with Crippen molar-refractivity contribution in [2.24, 2.45) is 0 Å². The van der Waals surface area contributed by atoms with E-state index in [0.717, 1.165) is 19.9 Å². The van der Waals surface area contributed by atoms with E-state index in [-0.39, 0.29) is 0 Å². The van der Waals surface area contributed by atoms with Gasteiger partial charge in [0.2, 0.25) is 0 Å². The zero-order valence-electron chi connectivity index (χ0n) is 8.72. The number of carbonyl (C=O) groups is 1. The molecule has 2 aromatic rings. The summed E-state index contributed by atoms with van der Waals surface area (Å²) in [5.74, 6) is -0.154. The Labute approximate surface area is 112 Å². The Kier molecular flexibility index (Phi) is 4.10. The van der Waals surface area contributed by atoms with E-state index in [1.54, 1.807) is 12.1 Å². The average Bonchev–Trinajstić information content (AvgIpc) is 2.73. The Morgan fingerprint density at radius 1 is 1.29 bits per heavy atom. The first-order valence-corrected chi connectivity index (χ1v) is 7.04. The summed E-state index contributed by atoms with van der Waals surface area (Å²) < 4.78 is 0.757. The number of carboxylic acids is 1. The molecule has 1 N–H and O–H groups in total. The van der Waals surface area contributed by atoms with Gasteiger partial charge in [-0.05, 0) is 24.3 Å². The first-order chi connectivity index (χ1) is 8.16. The number of benzene rings is 1. The molecule has 2 rings (SSSR count). The topological polar surface area (TPSA) is 37.3 Å². The molecule has 0 saturated heterocycles. The lowest BCUT2D eigenvalue weighted by molar-refractivity contribution is 0.0693. The van der Waals surface area contributed by atoms with E-state index in [1.165, 1.54) is 23.1 Å². The van der Waals surface area contributed by atoms with Crippen molar-refractivity contribution in [1.29, 1.82) is 0 Å². The molecule has 0 amide bonds. The fraction of sp³-hybridized carbons (Fsp3) is 0.0833. The predicted octanol–water partition coefficient (Wildman–Crippen LogP) is 4.39. The molecule has 1 heterocycles. The summed E-state index contributed by atoms with van der Waals surface area (Å²) in [5, 5.41) is 9.04. The van der Waals surface area contributed by atoms with E-state index in [2.05, 4.69) is 0 Å². The van der Waals surface area contributed by atoms with Crippen LogP contribution in [0.4, 0.5) is 0 Å². The summed E-state index contributed by atoms with van der Waals surface area (Å²) in [6.07, 6.45) is 0. The van der Waals surface area contributed by atoms with Gasteiger partial charge in [-0.15, -0.1) is 23.1 Å². The third-order valence-electron chi connectivity index (χ3n) is 2.12. The first-order valence-electron chi connectivity index (χ1n) is 4.86. The Balaban J connectivity index is 2.11. The molecule has 0 spiro atoms. The zero-order valence-corrected chi connectivity index (χ0v) is 11.1. The molecule has 0 aliphatic heterocycles. The molecule has 17 heavy (non-hydrogen) atoms. The van der Waals surface area contributed by atoms with Crippen LogP contribution in [-0.2, 0) is 5.75 Å². The van der Waals surface area contributed by atoms with Gasteiger partial charge in [-0.3, -0.25) is 0 Å². The molecule has 5 heteroatoms. The molecule has 0 radical (unpaired) electrons. The summed E-state index contributed by atoms with van der Waals surface area (Å²) in [5.41, 5.74) is 0.347. The van der Waals surface area contributed by atoms with Gasteiger partial charge >= 0.3 is 5.97 Å². The maximum absolute atomic E-state index is 11.0. The van der Waals surface area contributed by atoms with Gasteiger partial charge in [-0.25, -0.2) is 4.79 Å². The summed E-state index contributed by atoms with van der Waals surface area (Å²) in [6, 6.07) is 10.8. The second kappa shape index (κ2) is 5.58. The normalized spacial score (nSPS) is 10.4. The van der Waals surface area contributed by atoms with E-state index < -0.39 is 5.97 Å². The van der Waals surface area contributed by atoms with E-state index in [4.69, 9.17) is 16.7 Å². The molecular weight excluding hydrogens is 276 g/mol. The third-order valence-corrected chi connectivity index (χ3v) is 4.65. The van der Waals surface area contributed by atoms with Crippen LogP contribution >= 0.6 is 34.7 Å². The van der Waals surface area contributed by atoms with Crippen LogP contribution < -0.4 is 0 Å². The number of hydrogen-bond donors (Lipinski definition) is 1. The maximum Gasteiger partial charge on any atom is 0.336 e. The average molecular weight is 285 g/mol. The van der Waals surface area contributed by atoms with Crippen LogP contribution in [0, 0.1) is 0 Å². The lowest BCUT2D eigenvalue weighted by Gasteiger charge is -2.03. The molecule has 0 saturated carbocycles. The third kappa shape index (κ3) is 3.25. The number of thioether (sulfide) groups is 1. The summed E-state index contributed by atoms with van der Waals surface area (Å²) in [7, 11) is 0. The van der Waals surface area contributed by atoms with Gasteiger partial charge in [-0.1, -0.05) is 23.7 Å². The summed E-state index contributed by atoms with van der Waals surface area (Å²) >= 11 is 8.87. The lowest BCUT2D eigenvalue weighted by atomic mass is 10.2. The fourth-order valence-corrected chi connectivity index (χ4v) is 3.52. The van der Waals surface area contributed by atoms with E-state index in [1.807, 2.05) is 24.3 Å². The van der Waals surface area contributed by atoms with Crippen molar-refractivity contribution in [3.63, 3.8) is 0 Å². The highest BCUT2D eigenvalue weighted by atomic mass is 35.5. The smallest absolute Gasteiger partial charge is 0.336 e. The largest absolute Gasteiger partial charge is 0.478 e. The number of rotatable bonds is 4. The summed E-state index contributed by atoms with van der Waals surface area (Å²) in [4.78, 5) is 12.9. The van der Waals surface area contributed by atoms with Crippen molar-refractivity contribution in [2.45, 2.75) is 10.6 Å². The Hall–Kier alpha value is -0.970. The molecule has 2 nitrogen and oxygen atoms in total. The van der Waals surface area contributed by atoms with Crippen LogP contribution in [0.1, 0.15) is 15.2 Å². The van der Waals surface area contributed by atoms with Gasteiger partial charge < -0.3 is 5.11 Å². The molecule has 0 unspecified atom stereocenters. The quantitative estimate of drug-likeness (QED) is 0.846. The molecular formula is C12H9ClO2S2. The fourth-order valence-electron chi connectivity index (χ4n) is 1.35. The number of thiophene rings is 1. The van der Waals surface area contributed by atoms with Crippen molar-refractivity contribution in [3.05, 3.63) is 51.2 Å². The Morgan fingerprint density at radius 3 is 2.71 bits per heavy atom. The molecule has 0 atom stereocenters. The lowest BCUT2D eigenvalue weighted by Crippen LogP contribution is -1.98. The van der Waals surface area contributed by atoms with E-state index in [9.17, 15) is 4.79 Å². The van der Waals surface area contributed by atoms with Gasteiger partial charge in [0, 0.05) is 15.5 Å². The number of carboxylic acid groups (broad SMARTS) is 1. The van der Waals surface area contributed by atoms with E-state index >= 15 is 0 Å². The molecule has 1 aromatic carbocycles. The Bertz CT molecular complexity index is 537. The second-order valence-electron chi connectivity index (χ2n) is 3.30. The standard InChI is InChI=1S/C12H9ClO2S2/c13-11-6-5-8(17-11)7-16-10-4-2-1-3-9(10)12(14)15/h1-6H,7H2,(H,14,15). The Morgan fingerprint density at radius 2 is 2.06 bits per heavy atom. The molecule has 1 aromatic heterocycles. The van der Waals surface area contributed by atoms with Crippen LogP contribution in [0.2, 0.25) is 4.34 Å². The summed E-state index contributed by atoms with van der Waals surface area (Å²) in [6.45, 7) is 0. The number of halogens is 1. The highest BCUT2D eigenvalue weighted by Gasteiger charge is 2.09. The zero-order chi connectivity index (χ0) is 12.3. The van der Waals surface area contributed by atoms with Crippen molar-refractivity contribution in [3.8, 4) is 0 Å². The van der Waals surface area contributed by atoms with Crippen molar-refractivity contribution in [1.82, 2.24) is 0 Å². The van der Waals surface area contributed by atoms with Crippen LogP contribution in [0.25, 0.3) is 0 Å². The van der Waals surface area contributed by atoms with Gasteiger partial charge in [0.15, 0.2) is 0 Å². The first kappa shape index (κ1) is 12.5. The van der Waals surface area contributed by atoms with Gasteiger partial charge in [0.25, 0.3) is 0 Å². The minimum atomic E-state index is -0.891. The highest BCUT2D eigenvalue weighted by molar-refractivity contribution is 7.98. The van der Waals surface area contributed by atoms with Crippen LogP contribution in [-0.4, -0.2) is 11.1 Å². The monoisotopic (exact) mass is 284 g/mol. The minimum absolute atomic E-state index is 0.347. The van der Waals surface area contributed by atoms with Crippen LogP contribution in [0.15, 0.2) is 41.3 Å². The molecule has 0 fully saturated rings. The number of hydrogen-bond acceptors (Lipinski definition) is 3. The van der Waals surface area contributed by atoms with E-state index in [0.29, 0.717) is 5.56 Å². The molecule has 0 bridgehead atoms. The molecule has 88 valence electrons. The van der Waals surface area contributed by atoms with Crippen molar-refractivity contribution >= 4 is 40.7 Å². The highest BCUT2D eigenvalue weighted by Crippen LogP contribution is 2.30. The minimum Gasteiger partial charge on any atom is -0.478 e. The number of aromatic carboxylic acids is 1. The predicted molar refractivity (Wildman–Crippen MR) is 72.3 cm³/mol. The van der Waals surface area contributed by atoms with Crippen LogP contribution in [0.5, 0.6) is 0 Å². The molecule has 0 aliphatic rings. The van der Waals surface area contributed by atoms with Crippen molar-refractivity contribution in [2.75, 3.05) is 0 Å². The van der Waals surface area contributed by atoms with Gasteiger partial charge in [-0.2, -0.15) is 0 Å². The van der Waals surface area contributed by atoms with Crippen LogP contribution in [0.3, 0.4) is 0 Å². The maximum atomic E-state index is 11.0.